The number of hydrogen-bond donors (Lipinski definition) is 0. The van der Waals surface area contributed by atoms with Gasteiger partial charge in [0, 0.05) is 12.8 Å². The molecule has 3 heteroatoms. The van der Waals surface area contributed by atoms with Crippen molar-refractivity contribution in [1.82, 2.24) is 0 Å². The second-order valence-electron chi connectivity index (χ2n) is 3.55. The lowest BCUT2D eigenvalue weighted by molar-refractivity contribution is -0.156. The van der Waals surface area contributed by atoms with E-state index in [1.165, 1.54) is 7.11 Å². The summed E-state index contributed by atoms with van der Waals surface area (Å²) < 4.78 is 4.68. The van der Waals surface area contributed by atoms with Gasteiger partial charge in [0.2, 0.25) is 0 Å². The molecule has 0 aromatic rings. The fraction of sp³-hybridized carbons (Fsp3) is 0.636. The SMILES string of the molecule is C#CCCC1(C(=O)OC)CCCC1=O. The van der Waals surface area contributed by atoms with Crippen LogP contribution in [0.1, 0.15) is 32.1 Å². The zero-order valence-corrected chi connectivity index (χ0v) is 8.34. The van der Waals surface area contributed by atoms with Crippen molar-refractivity contribution in [3.8, 4) is 12.3 Å². The predicted molar refractivity (Wildman–Crippen MR) is 51.4 cm³/mol. The molecule has 1 fully saturated rings. The Bertz CT molecular complexity index is 287. The number of esters is 1. The van der Waals surface area contributed by atoms with Gasteiger partial charge in [0.25, 0.3) is 0 Å². The minimum Gasteiger partial charge on any atom is -0.468 e. The van der Waals surface area contributed by atoms with Crippen molar-refractivity contribution in [3.63, 3.8) is 0 Å². The first-order chi connectivity index (χ1) is 6.67. The molecule has 0 spiro atoms. The van der Waals surface area contributed by atoms with Gasteiger partial charge in [0.15, 0.2) is 0 Å². The molecule has 0 bridgehead atoms. The number of Topliss-reactive ketones (excluding diaryl/α,β-unsaturated/α-hetero) is 1. The van der Waals surface area contributed by atoms with Crippen LogP contribution in [0.25, 0.3) is 0 Å². The highest BCUT2D eigenvalue weighted by Crippen LogP contribution is 2.39. The number of ether oxygens (including phenoxy) is 1. The molecule has 76 valence electrons. The third-order valence-electron chi connectivity index (χ3n) is 2.81. The highest BCUT2D eigenvalue weighted by Gasteiger charge is 2.48. The van der Waals surface area contributed by atoms with E-state index < -0.39 is 11.4 Å². The second kappa shape index (κ2) is 4.28. The summed E-state index contributed by atoms with van der Waals surface area (Å²) in [6.45, 7) is 0. The maximum Gasteiger partial charge on any atom is 0.319 e. The number of rotatable bonds is 3. The summed E-state index contributed by atoms with van der Waals surface area (Å²) in [6.07, 6.45) is 7.83. The van der Waals surface area contributed by atoms with Crippen molar-refractivity contribution in [1.29, 1.82) is 0 Å². The fourth-order valence-corrected chi connectivity index (χ4v) is 1.99. The summed E-state index contributed by atoms with van der Waals surface area (Å²) in [6, 6.07) is 0. The lowest BCUT2D eigenvalue weighted by atomic mass is 9.81. The largest absolute Gasteiger partial charge is 0.468 e. The molecular formula is C11H14O3. The molecule has 1 aliphatic carbocycles. The van der Waals surface area contributed by atoms with Crippen molar-refractivity contribution >= 4 is 11.8 Å². The normalized spacial score (nSPS) is 25.9. The van der Waals surface area contributed by atoms with Crippen molar-refractivity contribution < 1.29 is 14.3 Å². The Morgan fingerprint density at radius 2 is 2.43 bits per heavy atom. The van der Waals surface area contributed by atoms with Gasteiger partial charge in [-0.15, -0.1) is 12.3 Å². The van der Waals surface area contributed by atoms with Crippen LogP contribution in [0.5, 0.6) is 0 Å². The molecule has 0 radical (unpaired) electrons. The maximum absolute atomic E-state index is 11.6. The van der Waals surface area contributed by atoms with Crippen molar-refractivity contribution in [2.24, 2.45) is 5.41 Å². The molecule has 1 unspecified atom stereocenters. The third-order valence-corrected chi connectivity index (χ3v) is 2.81. The van der Waals surface area contributed by atoms with E-state index in [1.54, 1.807) is 0 Å². The quantitative estimate of drug-likeness (QED) is 0.386. The van der Waals surface area contributed by atoms with E-state index in [9.17, 15) is 9.59 Å². The van der Waals surface area contributed by atoms with Crippen LogP contribution < -0.4 is 0 Å². The van der Waals surface area contributed by atoms with Gasteiger partial charge in [-0.2, -0.15) is 0 Å². The summed E-state index contributed by atoms with van der Waals surface area (Å²) in [7, 11) is 1.31. The molecular weight excluding hydrogens is 180 g/mol. The molecule has 14 heavy (non-hydrogen) atoms. The number of carbonyl (C=O) groups is 2. The molecule has 1 aliphatic rings. The molecule has 0 N–H and O–H groups in total. The lowest BCUT2D eigenvalue weighted by Gasteiger charge is -2.22. The van der Waals surface area contributed by atoms with Crippen LogP contribution in [-0.2, 0) is 14.3 Å². The zero-order chi connectivity index (χ0) is 10.6. The minimum absolute atomic E-state index is 0.0143. The Labute approximate surface area is 83.8 Å². The Morgan fingerprint density at radius 3 is 2.86 bits per heavy atom. The Kier molecular flexibility index (Phi) is 3.29. The van der Waals surface area contributed by atoms with Gasteiger partial charge in [-0.05, 0) is 19.3 Å². The Balaban J connectivity index is 2.85. The number of methoxy groups -OCH3 is 1. The first-order valence-corrected chi connectivity index (χ1v) is 4.72. The molecule has 1 saturated carbocycles. The Hall–Kier alpha value is -1.30. The highest BCUT2D eigenvalue weighted by atomic mass is 16.5. The highest BCUT2D eigenvalue weighted by molar-refractivity contribution is 6.05. The lowest BCUT2D eigenvalue weighted by Crippen LogP contribution is -2.36. The van der Waals surface area contributed by atoms with Gasteiger partial charge >= 0.3 is 5.97 Å². The summed E-state index contributed by atoms with van der Waals surface area (Å²) >= 11 is 0. The van der Waals surface area contributed by atoms with Gasteiger partial charge in [0.05, 0.1) is 7.11 Å². The van der Waals surface area contributed by atoms with Crippen molar-refractivity contribution in [2.45, 2.75) is 32.1 Å². The van der Waals surface area contributed by atoms with Gasteiger partial charge in [-0.25, -0.2) is 0 Å². The summed E-state index contributed by atoms with van der Waals surface area (Å²) in [5.41, 5.74) is -0.929. The first kappa shape index (κ1) is 10.8. The molecule has 0 aromatic heterocycles. The van der Waals surface area contributed by atoms with E-state index in [0.29, 0.717) is 25.7 Å². The zero-order valence-electron chi connectivity index (χ0n) is 8.34. The van der Waals surface area contributed by atoms with Crippen LogP contribution in [0.4, 0.5) is 0 Å². The van der Waals surface area contributed by atoms with Crippen LogP contribution in [0, 0.1) is 17.8 Å². The van der Waals surface area contributed by atoms with Crippen LogP contribution in [0.15, 0.2) is 0 Å². The van der Waals surface area contributed by atoms with E-state index in [-0.39, 0.29) is 5.78 Å². The van der Waals surface area contributed by atoms with Crippen LogP contribution >= 0.6 is 0 Å². The molecule has 0 aromatic carbocycles. The predicted octanol–water partition coefficient (Wildman–Crippen LogP) is 1.31. The van der Waals surface area contributed by atoms with E-state index >= 15 is 0 Å². The first-order valence-electron chi connectivity index (χ1n) is 4.72. The average Bonchev–Trinajstić information content (AvgIpc) is 2.57. The smallest absolute Gasteiger partial charge is 0.319 e. The van der Waals surface area contributed by atoms with Gasteiger partial charge in [-0.3, -0.25) is 9.59 Å². The van der Waals surface area contributed by atoms with Crippen LogP contribution in [0.3, 0.4) is 0 Å². The molecule has 0 saturated heterocycles. The Morgan fingerprint density at radius 1 is 1.71 bits per heavy atom. The van der Waals surface area contributed by atoms with Gasteiger partial charge in [0.1, 0.15) is 11.2 Å². The number of terminal acetylenes is 1. The molecule has 0 heterocycles. The maximum atomic E-state index is 11.6. The van der Waals surface area contributed by atoms with Crippen molar-refractivity contribution in [3.05, 3.63) is 0 Å². The van der Waals surface area contributed by atoms with Gasteiger partial charge < -0.3 is 4.74 Å². The topological polar surface area (TPSA) is 43.4 Å². The average molecular weight is 194 g/mol. The van der Waals surface area contributed by atoms with E-state index in [0.717, 1.165) is 6.42 Å². The molecule has 3 nitrogen and oxygen atoms in total. The number of carbonyl (C=O) groups excluding carboxylic acids is 2. The standard InChI is InChI=1S/C11H14O3/c1-3-4-7-11(10(13)14-2)8-5-6-9(11)12/h1H,4-8H2,2H3. The van der Waals surface area contributed by atoms with E-state index in [2.05, 4.69) is 10.7 Å². The van der Waals surface area contributed by atoms with E-state index in [4.69, 9.17) is 6.42 Å². The minimum atomic E-state index is -0.929. The molecule has 1 atom stereocenters. The molecule has 0 amide bonds. The third kappa shape index (κ3) is 1.65. The molecule has 1 rings (SSSR count). The van der Waals surface area contributed by atoms with Crippen molar-refractivity contribution in [2.75, 3.05) is 7.11 Å². The summed E-state index contributed by atoms with van der Waals surface area (Å²) in [5, 5.41) is 0. The second-order valence-corrected chi connectivity index (χ2v) is 3.55. The van der Waals surface area contributed by atoms with E-state index in [1.807, 2.05) is 0 Å². The monoisotopic (exact) mass is 194 g/mol. The van der Waals surface area contributed by atoms with Gasteiger partial charge in [-0.1, -0.05) is 0 Å². The molecule has 0 aliphatic heterocycles. The number of ketones is 1. The summed E-state index contributed by atoms with van der Waals surface area (Å²) in [5.74, 6) is 2.02. The van der Waals surface area contributed by atoms with Crippen LogP contribution in [0.2, 0.25) is 0 Å². The van der Waals surface area contributed by atoms with Crippen LogP contribution in [-0.4, -0.2) is 18.9 Å². The number of hydrogen-bond acceptors (Lipinski definition) is 3. The fourth-order valence-electron chi connectivity index (χ4n) is 1.99. The summed E-state index contributed by atoms with van der Waals surface area (Å²) in [4.78, 5) is 23.2.